The quantitative estimate of drug-likeness (QED) is 0.583. The van der Waals surface area contributed by atoms with Crippen LogP contribution in [-0.4, -0.2) is 17.7 Å². The highest BCUT2D eigenvalue weighted by atomic mass is 16.5. The fourth-order valence-electron chi connectivity index (χ4n) is 1.13. The van der Waals surface area contributed by atoms with Gasteiger partial charge in [0.05, 0.1) is 12.3 Å². The van der Waals surface area contributed by atoms with Gasteiger partial charge < -0.3 is 15.6 Å². The number of nitrogens with two attached hydrogens (primary N) is 1. The maximum atomic E-state index is 10.3. The van der Waals surface area contributed by atoms with E-state index in [-0.39, 0.29) is 0 Å². The summed E-state index contributed by atoms with van der Waals surface area (Å²) in [5.74, 6) is -0.368. The van der Waals surface area contributed by atoms with E-state index in [9.17, 15) is 4.79 Å². The number of rotatable bonds is 4. The Morgan fingerprint density at radius 3 is 2.87 bits per heavy atom. The zero-order valence-electron chi connectivity index (χ0n) is 8.43. The molecule has 3 N–H and O–H groups in total. The van der Waals surface area contributed by atoms with Gasteiger partial charge in [0.25, 0.3) is 0 Å². The highest BCUT2D eigenvalue weighted by molar-refractivity contribution is 5.85. The molecule has 0 atom stereocenters. The van der Waals surface area contributed by atoms with Crippen molar-refractivity contribution in [2.24, 2.45) is 0 Å². The number of benzene rings is 1. The second kappa shape index (κ2) is 5.05. The number of hydrogen-bond donors (Lipinski definition) is 2. The number of ether oxygens (including phenoxy) is 1. The Morgan fingerprint density at radius 2 is 2.33 bits per heavy atom. The average molecular weight is 207 g/mol. The minimum Gasteiger partial charge on any atom is -0.492 e. The second-order valence-corrected chi connectivity index (χ2v) is 2.90. The normalized spacial score (nSPS) is 10.5. The standard InChI is InChI=1S/C11H13NO3/c1-2-15-10-5-3-8(7-9(10)12)4-6-11(13)14/h3-7H,2,12H2,1H3,(H,13,14)/b6-4-. The summed E-state index contributed by atoms with van der Waals surface area (Å²) < 4.78 is 5.25. The molecular weight excluding hydrogens is 194 g/mol. The number of aliphatic carboxylic acids is 1. The van der Waals surface area contributed by atoms with Gasteiger partial charge in [0, 0.05) is 6.08 Å². The van der Waals surface area contributed by atoms with E-state index in [0.717, 1.165) is 11.6 Å². The first-order valence-corrected chi connectivity index (χ1v) is 4.57. The molecule has 4 heteroatoms. The molecule has 1 rings (SSSR count). The van der Waals surface area contributed by atoms with Gasteiger partial charge >= 0.3 is 5.97 Å². The van der Waals surface area contributed by atoms with Gasteiger partial charge in [-0.25, -0.2) is 4.79 Å². The van der Waals surface area contributed by atoms with Crippen molar-refractivity contribution in [2.75, 3.05) is 12.3 Å². The van der Waals surface area contributed by atoms with E-state index in [2.05, 4.69) is 0 Å². The van der Waals surface area contributed by atoms with Crippen LogP contribution in [0.3, 0.4) is 0 Å². The Bertz CT molecular complexity index is 385. The van der Waals surface area contributed by atoms with E-state index in [1.54, 1.807) is 18.2 Å². The highest BCUT2D eigenvalue weighted by Crippen LogP contribution is 2.22. The smallest absolute Gasteiger partial charge is 0.328 e. The molecule has 0 fully saturated rings. The molecule has 0 aliphatic carbocycles. The van der Waals surface area contributed by atoms with Crippen molar-refractivity contribution in [1.82, 2.24) is 0 Å². The van der Waals surface area contributed by atoms with Crippen LogP contribution in [0.15, 0.2) is 24.3 Å². The van der Waals surface area contributed by atoms with Crippen molar-refractivity contribution in [3.63, 3.8) is 0 Å². The van der Waals surface area contributed by atoms with E-state index in [4.69, 9.17) is 15.6 Å². The Labute approximate surface area is 88.0 Å². The largest absolute Gasteiger partial charge is 0.492 e. The Balaban J connectivity index is 2.86. The maximum absolute atomic E-state index is 10.3. The van der Waals surface area contributed by atoms with Crippen LogP contribution in [0.2, 0.25) is 0 Å². The van der Waals surface area contributed by atoms with Gasteiger partial charge in [-0.1, -0.05) is 6.07 Å². The van der Waals surface area contributed by atoms with Gasteiger partial charge in [-0.2, -0.15) is 0 Å². The lowest BCUT2D eigenvalue weighted by Gasteiger charge is -2.06. The Kier molecular flexibility index (Phi) is 3.74. The zero-order valence-corrected chi connectivity index (χ0v) is 8.43. The first-order chi connectivity index (χ1) is 7.13. The van der Waals surface area contributed by atoms with Gasteiger partial charge in [0.1, 0.15) is 5.75 Å². The third-order valence-corrected chi connectivity index (χ3v) is 1.75. The van der Waals surface area contributed by atoms with Crippen LogP contribution >= 0.6 is 0 Å². The molecule has 0 unspecified atom stereocenters. The van der Waals surface area contributed by atoms with Crippen molar-refractivity contribution < 1.29 is 14.6 Å². The fraction of sp³-hybridized carbons (Fsp3) is 0.182. The van der Waals surface area contributed by atoms with Crippen molar-refractivity contribution in [3.8, 4) is 5.75 Å². The van der Waals surface area contributed by atoms with Crippen molar-refractivity contribution in [2.45, 2.75) is 6.92 Å². The van der Waals surface area contributed by atoms with E-state index in [0.29, 0.717) is 18.0 Å². The molecule has 0 aliphatic rings. The molecule has 15 heavy (non-hydrogen) atoms. The number of carbonyl (C=O) groups is 1. The summed E-state index contributed by atoms with van der Waals surface area (Å²) >= 11 is 0. The molecule has 0 amide bonds. The van der Waals surface area contributed by atoms with Crippen LogP contribution in [0.5, 0.6) is 5.75 Å². The first kappa shape index (κ1) is 11.1. The van der Waals surface area contributed by atoms with Crippen molar-refractivity contribution >= 4 is 17.7 Å². The molecule has 0 heterocycles. The van der Waals surface area contributed by atoms with Crippen LogP contribution in [0, 0.1) is 0 Å². The minimum atomic E-state index is -0.984. The number of carboxylic acids is 1. The van der Waals surface area contributed by atoms with Crippen LogP contribution in [0.25, 0.3) is 6.08 Å². The predicted octanol–water partition coefficient (Wildman–Crippen LogP) is 1.77. The molecular formula is C11H13NO3. The SMILES string of the molecule is CCOc1ccc(/C=C\C(=O)O)cc1N. The molecule has 0 saturated heterocycles. The van der Waals surface area contributed by atoms with Crippen LogP contribution in [0.1, 0.15) is 12.5 Å². The maximum Gasteiger partial charge on any atom is 0.328 e. The second-order valence-electron chi connectivity index (χ2n) is 2.90. The summed E-state index contributed by atoms with van der Waals surface area (Å²) in [6.07, 6.45) is 2.55. The average Bonchev–Trinajstić information content (AvgIpc) is 2.19. The number of hydrogen-bond acceptors (Lipinski definition) is 3. The van der Waals surface area contributed by atoms with E-state index >= 15 is 0 Å². The molecule has 0 aromatic heterocycles. The van der Waals surface area contributed by atoms with Crippen molar-refractivity contribution in [1.29, 1.82) is 0 Å². The first-order valence-electron chi connectivity index (χ1n) is 4.57. The Hall–Kier alpha value is -1.97. The third-order valence-electron chi connectivity index (χ3n) is 1.75. The third kappa shape index (κ3) is 3.34. The van der Waals surface area contributed by atoms with E-state index in [1.165, 1.54) is 6.08 Å². The molecule has 1 aromatic carbocycles. The topological polar surface area (TPSA) is 72.5 Å². The lowest BCUT2D eigenvalue weighted by Crippen LogP contribution is -1.96. The van der Waals surface area contributed by atoms with Gasteiger partial charge in [-0.3, -0.25) is 0 Å². The van der Waals surface area contributed by atoms with Crippen LogP contribution in [0.4, 0.5) is 5.69 Å². The summed E-state index contributed by atoms with van der Waals surface area (Å²) in [6, 6.07) is 5.14. The molecule has 0 aliphatic heterocycles. The van der Waals surface area contributed by atoms with Crippen LogP contribution in [-0.2, 0) is 4.79 Å². The zero-order chi connectivity index (χ0) is 11.3. The number of carboxylic acid groups (broad SMARTS) is 1. The Morgan fingerprint density at radius 1 is 1.60 bits per heavy atom. The van der Waals surface area contributed by atoms with Crippen LogP contribution < -0.4 is 10.5 Å². The summed E-state index contributed by atoms with van der Waals surface area (Å²) in [4.78, 5) is 10.3. The van der Waals surface area contributed by atoms with E-state index < -0.39 is 5.97 Å². The molecule has 80 valence electrons. The molecule has 0 bridgehead atoms. The highest BCUT2D eigenvalue weighted by Gasteiger charge is 1.99. The number of nitrogen functional groups attached to an aromatic ring is 1. The molecule has 0 spiro atoms. The van der Waals surface area contributed by atoms with E-state index in [1.807, 2.05) is 6.92 Å². The van der Waals surface area contributed by atoms with Gasteiger partial charge in [0.15, 0.2) is 0 Å². The summed E-state index contributed by atoms with van der Waals surface area (Å²) in [7, 11) is 0. The minimum absolute atomic E-state index is 0.504. The molecule has 4 nitrogen and oxygen atoms in total. The summed E-state index contributed by atoms with van der Waals surface area (Å²) in [5.41, 5.74) is 6.95. The predicted molar refractivity (Wildman–Crippen MR) is 58.7 cm³/mol. The van der Waals surface area contributed by atoms with Gasteiger partial charge in [-0.15, -0.1) is 0 Å². The number of anilines is 1. The summed E-state index contributed by atoms with van der Waals surface area (Å²) in [6.45, 7) is 2.42. The van der Waals surface area contributed by atoms with Crippen molar-refractivity contribution in [3.05, 3.63) is 29.8 Å². The molecule has 0 radical (unpaired) electrons. The van der Waals surface area contributed by atoms with Gasteiger partial charge in [-0.05, 0) is 30.7 Å². The lowest BCUT2D eigenvalue weighted by molar-refractivity contribution is -0.131. The molecule has 0 saturated carbocycles. The van der Waals surface area contributed by atoms with Gasteiger partial charge in [0.2, 0.25) is 0 Å². The summed E-state index contributed by atoms with van der Waals surface area (Å²) in [5, 5.41) is 8.44. The lowest BCUT2D eigenvalue weighted by atomic mass is 10.2. The monoisotopic (exact) mass is 207 g/mol. The fourth-order valence-corrected chi connectivity index (χ4v) is 1.13. The molecule has 1 aromatic rings.